The smallest absolute Gasteiger partial charge is 0.227 e. The number of para-hydroxylation sites is 2. The molecule has 5 nitrogen and oxygen atoms in total. The number of ether oxygens (including phenoxy) is 1. The number of carbonyl (C=O) groups excluding carboxylic acids is 2. The third kappa shape index (κ3) is 5.79. The minimum absolute atomic E-state index is 0.00475. The quantitative estimate of drug-likeness (QED) is 0.731. The van der Waals surface area contributed by atoms with E-state index in [9.17, 15) is 14.0 Å². The number of nitrogens with one attached hydrogen (secondary N) is 2. The molecule has 2 aromatic carbocycles. The van der Waals surface area contributed by atoms with Gasteiger partial charge in [0.05, 0.1) is 12.3 Å². The van der Waals surface area contributed by atoms with Crippen molar-refractivity contribution in [2.45, 2.75) is 39.2 Å². The van der Waals surface area contributed by atoms with Crippen LogP contribution >= 0.6 is 0 Å². The van der Waals surface area contributed by atoms with Crippen LogP contribution in [0.5, 0.6) is 5.75 Å². The van der Waals surface area contributed by atoms with E-state index >= 15 is 0 Å². The molecule has 0 radical (unpaired) electrons. The van der Waals surface area contributed by atoms with Crippen LogP contribution in [0.4, 0.5) is 10.1 Å². The molecule has 1 aliphatic rings. The van der Waals surface area contributed by atoms with Crippen LogP contribution in [-0.2, 0) is 16.1 Å². The van der Waals surface area contributed by atoms with Crippen molar-refractivity contribution in [1.82, 2.24) is 5.32 Å². The lowest BCUT2D eigenvalue weighted by molar-refractivity contribution is -0.128. The van der Waals surface area contributed by atoms with Crippen LogP contribution in [0.3, 0.4) is 0 Å². The Morgan fingerprint density at radius 3 is 2.24 bits per heavy atom. The Kier molecular flexibility index (Phi) is 7.22. The van der Waals surface area contributed by atoms with Crippen molar-refractivity contribution in [2.75, 3.05) is 11.9 Å². The highest BCUT2D eigenvalue weighted by Gasteiger charge is 2.30. The number of halogens is 1. The molecule has 0 saturated heterocycles. The van der Waals surface area contributed by atoms with Gasteiger partial charge >= 0.3 is 0 Å². The first-order valence-electron chi connectivity index (χ1n) is 10.1. The van der Waals surface area contributed by atoms with E-state index in [2.05, 4.69) is 10.6 Å². The second-order valence-electron chi connectivity index (χ2n) is 7.31. The van der Waals surface area contributed by atoms with E-state index in [4.69, 9.17) is 4.74 Å². The minimum Gasteiger partial charge on any atom is -0.492 e. The summed E-state index contributed by atoms with van der Waals surface area (Å²) >= 11 is 0. The summed E-state index contributed by atoms with van der Waals surface area (Å²) in [5, 5.41) is 5.88. The molecule has 1 saturated carbocycles. The second kappa shape index (κ2) is 10.0. The number of benzene rings is 2. The zero-order valence-electron chi connectivity index (χ0n) is 16.6. The lowest BCUT2D eigenvalue weighted by Crippen LogP contribution is -2.35. The Hall–Kier alpha value is -2.89. The molecule has 2 N–H and O–H groups in total. The number of amides is 2. The lowest BCUT2D eigenvalue weighted by Gasteiger charge is -2.27. The van der Waals surface area contributed by atoms with E-state index in [-0.39, 0.29) is 29.5 Å². The maximum absolute atomic E-state index is 12.9. The van der Waals surface area contributed by atoms with Crippen molar-refractivity contribution in [3.05, 3.63) is 59.9 Å². The van der Waals surface area contributed by atoms with Crippen LogP contribution in [0.25, 0.3) is 0 Å². The number of carbonyl (C=O) groups is 2. The standard InChI is InChI=1S/C23H27FN2O3/c1-2-29-21-6-4-3-5-20(21)26-23(28)18-11-9-17(10-12-18)22(27)25-15-16-7-13-19(24)14-8-16/h3-8,13-14,17-18H,2,9-12,15H2,1H3,(H,25,27)(H,26,28). The van der Waals surface area contributed by atoms with Crippen molar-refractivity contribution in [2.24, 2.45) is 11.8 Å². The van der Waals surface area contributed by atoms with Gasteiger partial charge in [0.25, 0.3) is 0 Å². The van der Waals surface area contributed by atoms with Crippen molar-refractivity contribution < 1.29 is 18.7 Å². The second-order valence-corrected chi connectivity index (χ2v) is 7.31. The van der Waals surface area contributed by atoms with Crippen molar-refractivity contribution in [3.63, 3.8) is 0 Å². The van der Waals surface area contributed by atoms with E-state index in [1.807, 2.05) is 31.2 Å². The SMILES string of the molecule is CCOc1ccccc1NC(=O)C1CCC(C(=O)NCc2ccc(F)cc2)CC1. The average Bonchev–Trinajstić information content (AvgIpc) is 2.75. The number of hydrogen-bond acceptors (Lipinski definition) is 3. The largest absolute Gasteiger partial charge is 0.492 e. The molecule has 29 heavy (non-hydrogen) atoms. The van der Waals surface area contributed by atoms with E-state index in [1.165, 1.54) is 12.1 Å². The van der Waals surface area contributed by atoms with Gasteiger partial charge in [0.2, 0.25) is 11.8 Å². The van der Waals surface area contributed by atoms with Crippen LogP contribution < -0.4 is 15.4 Å². The maximum atomic E-state index is 12.9. The van der Waals surface area contributed by atoms with Crippen molar-refractivity contribution >= 4 is 17.5 Å². The summed E-state index contributed by atoms with van der Waals surface area (Å²) in [5.74, 6) is 0.149. The zero-order valence-corrected chi connectivity index (χ0v) is 16.6. The van der Waals surface area contributed by atoms with Gasteiger partial charge in [-0.15, -0.1) is 0 Å². The third-order valence-corrected chi connectivity index (χ3v) is 5.29. The normalized spacial score (nSPS) is 18.7. The maximum Gasteiger partial charge on any atom is 0.227 e. The summed E-state index contributed by atoms with van der Waals surface area (Å²) in [7, 11) is 0. The van der Waals surface area contributed by atoms with Crippen LogP contribution in [0.1, 0.15) is 38.2 Å². The van der Waals surface area contributed by atoms with E-state index in [0.29, 0.717) is 50.3 Å². The topological polar surface area (TPSA) is 67.4 Å². The number of hydrogen-bond donors (Lipinski definition) is 2. The Balaban J connectivity index is 1.46. The van der Waals surface area contributed by atoms with Crippen LogP contribution in [0, 0.1) is 17.7 Å². The van der Waals surface area contributed by atoms with Crippen molar-refractivity contribution in [3.8, 4) is 5.75 Å². The fourth-order valence-electron chi connectivity index (χ4n) is 3.64. The summed E-state index contributed by atoms with van der Waals surface area (Å²) in [5.41, 5.74) is 1.54. The predicted octanol–water partition coefficient (Wildman–Crippen LogP) is 4.29. The van der Waals surface area contributed by atoms with E-state index in [0.717, 1.165) is 5.56 Å². The predicted molar refractivity (Wildman–Crippen MR) is 110 cm³/mol. The Morgan fingerprint density at radius 1 is 0.966 bits per heavy atom. The summed E-state index contributed by atoms with van der Waals surface area (Å²) in [6, 6.07) is 13.5. The monoisotopic (exact) mass is 398 g/mol. The molecule has 154 valence electrons. The summed E-state index contributed by atoms with van der Waals surface area (Å²) in [6.07, 6.45) is 2.72. The van der Waals surface area contributed by atoms with Gasteiger partial charge in [-0.2, -0.15) is 0 Å². The highest BCUT2D eigenvalue weighted by molar-refractivity contribution is 5.94. The Bertz CT molecular complexity index is 830. The Labute approximate surface area is 170 Å². The number of anilines is 1. The van der Waals surface area contributed by atoms with E-state index < -0.39 is 0 Å². The van der Waals surface area contributed by atoms with Gasteiger partial charge < -0.3 is 15.4 Å². The van der Waals surface area contributed by atoms with E-state index in [1.54, 1.807) is 12.1 Å². The van der Waals surface area contributed by atoms with Gasteiger partial charge in [-0.1, -0.05) is 24.3 Å². The highest BCUT2D eigenvalue weighted by Crippen LogP contribution is 2.31. The molecule has 2 amide bonds. The highest BCUT2D eigenvalue weighted by atomic mass is 19.1. The van der Waals surface area contributed by atoms with Gasteiger partial charge in [-0.3, -0.25) is 9.59 Å². The fraction of sp³-hybridized carbons (Fsp3) is 0.391. The molecule has 0 atom stereocenters. The van der Waals surface area contributed by atoms with Gasteiger partial charge in [-0.05, 0) is 62.4 Å². The molecule has 0 unspecified atom stereocenters. The summed E-state index contributed by atoms with van der Waals surface area (Å²) in [6.45, 7) is 2.82. The lowest BCUT2D eigenvalue weighted by atomic mass is 9.81. The molecular weight excluding hydrogens is 371 g/mol. The molecule has 1 aliphatic carbocycles. The number of rotatable bonds is 7. The molecule has 0 aliphatic heterocycles. The first-order valence-corrected chi connectivity index (χ1v) is 10.1. The zero-order chi connectivity index (χ0) is 20.6. The fourth-order valence-corrected chi connectivity index (χ4v) is 3.64. The Morgan fingerprint density at radius 2 is 1.59 bits per heavy atom. The average molecular weight is 398 g/mol. The first kappa shape index (κ1) is 20.8. The van der Waals surface area contributed by atoms with Crippen LogP contribution in [0.2, 0.25) is 0 Å². The molecule has 6 heteroatoms. The summed E-state index contributed by atoms with van der Waals surface area (Å²) < 4.78 is 18.5. The van der Waals surface area contributed by atoms with Gasteiger partial charge in [-0.25, -0.2) is 4.39 Å². The van der Waals surface area contributed by atoms with Gasteiger partial charge in [0.1, 0.15) is 11.6 Å². The van der Waals surface area contributed by atoms with Gasteiger partial charge in [0, 0.05) is 18.4 Å². The van der Waals surface area contributed by atoms with Crippen LogP contribution in [0.15, 0.2) is 48.5 Å². The molecule has 1 fully saturated rings. The minimum atomic E-state index is -0.291. The molecular formula is C23H27FN2O3. The molecule has 2 aromatic rings. The third-order valence-electron chi connectivity index (χ3n) is 5.29. The molecule has 0 heterocycles. The molecule has 0 bridgehead atoms. The molecule has 0 aromatic heterocycles. The molecule has 0 spiro atoms. The van der Waals surface area contributed by atoms with Crippen LogP contribution in [-0.4, -0.2) is 18.4 Å². The molecule has 3 rings (SSSR count). The van der Waals surface area contributed by atoms with Crippen molar-refractivity contribution in [1.29, 1.82) is 0 Å². The first-order chi connectivity index (χ1) is 14.1. The summed E-state index contributed by atoms with van der Waals surface area (Å²) in [4.78, 5) is 25.1. The van der Waals surface area contributed by atoms with Gasteiger partial charge in [0.15, 0.2) is 0 Å².